The molecule has 0 radical (unpaired) electrons. The highest BCUT2D eigenvalue weighted by Crippen LogP contribution is 2.30. The van der Waals surface area contributed by atoms with Crippen LogP contribution in [0.25, 0.3) is 0 Å². The molecule has 1 aromatic carbocycles. The molecule has 5 nitrogen and oxygen atoms in total. The number of anilines is 1. The molecule has 1 aromatic rings. The lowest BCUT2D eigenvalue weighted by molar-refractivity contribution is -0.133. The predicted molar refractivity (Wildman–Crippen MR) is 76.7 cm³/mol. The third-order valence-electron chi connectivity index (χ3n) is 3.43. The Morgan fingerprint density at radius 1 is 1.33 bits per heavy atom. The molecule has 6 heteroatoms. The monoisotopic (exact) mass is 294 g/mol. The molecular weight excluding hydrogens is 275 g/mol. The van der Waals surface area contributed by atoms with Gasteiger partial charge in [-0.3, -0.25) is 14.5 Å². The summed E-state index contributed by atoms with van der Waals surface area (Å²) in [6, 6.07) is 3.42. The largest absolute Gasteiger partial charge is 0.497 e. The van der Waals surface area contributed by atoms with Crippen LogP contribution in [0.3, 0.4) is 0 Å². The van der Waals surface area contributed by atoms with Gasteiger partial charge in [0.15, 0.2) is 0 Å². The second kappa shape index (κ2) is 5.35. The molecule has 2 rings (SSSR count). The van der Waals surface area contributed by atoms with Gasteiger partial charge in [0, 0.05) is 6.07 Å². The van der Waals surface area contributed by atoms with Crippen molar-refractivity contribution in [1.29, 1.82) is 0 Å². The van der Waals surface area contributed by atoms with Crippen LogP contribution in [0.5, 0.6) is 5.75 Å². The molecule has 1 N–H and O–H groups in total. The number of carbonyl (C=O) groups is 2. The lowest BCUT2D eigenvalue weighted by Crippen LogP contribution is -2.62. The number of rotatable bonds is 2. The molecule has 1 atom stereocenters. The summed E-state index contributed by atoms with van der Waals surface area (Å²) >= 11 is 0. The van der Waals surface area contributed by atoms with Crippen LogP contribution in [0.1, 0.15) is 20.8 Å². The van der Waals surface area contributed by atoms with E-state index in [-0.39, 0.29) is 24.0 Å². The summed E-state index contributed by atoms with van der Waals surface area (Å²) < 4.78 is 19.1. The van der Waals surface area contributed by atoms with Crippen molar-refractivity contribution in [3.8, 4) is 5.75 Å². The molecule has 1 aliphatic rings. The molecular formula is C15H19FN2O3. The third-order valence-corrected chi connectivity index (χ3v) is 3.43. The number of carbonyl (C=O) groups excluding carboxylic acids is 2. The van der Waals surface area contributed by atoms with Crippen molar-refractivity contribution in [2.24, 2.45) is 5.41 Å². The Bertz CT molecular complexity index is 581. The molecule has 0 saturated carbocycles. The summed E-state index contributed by atoms with van der Waals surface area (Å²) in [5.74, 6) is -0.769. The highest BCUT2D eigenvalue weighted by Gasteiger charge is 2.41. The fraction of sp³-hybridized carbons (Fsp3) is 0.467. The fourth-order valence-electron chi connectivity index (χ4n) is 2.26. The van der Waals surface area contributed by atoms with E-state index in [4.69, 9.17) is 4.74 Å². The molecule has 114 valence electrons. The quantitative estimate of drug-likeness (QED) is 0.903. The summed E-state index contributed by atoms with van der Waals surface area (Å²) in [6.45, 7) is 5.35. The molecule has 1 unspecified atom stereocenters. The Labute approximate surface area is 123 Å². The lowest BCUT2D eigenvalue weighted by Gasteiger charge is -2.38. The highest BCUT2D eigenvalue weighted by molar-refractivity contribution is 6.07. The average molecular weight is 294 g/mol. The Morgan fingerprint density at radius 2 is 2.00 bits per heavy atom. The van der Waals surface area contributed by atoms with Crippen molar-refractivity contribution in [2.45, 2.75) is 26.8 Å². The summed E-state index contributed by atoms with van der Waals surface area (Å²) in [5.41, 5.74) is -0.399. The van der Waals surface area contributed by atoms with Crippen molar-refractivity contribution in [1.82, 2.24) is 5.32 Å². The summed E-state index contributed by atoms with van der Waals surface area (Å²) in [5, 5.41) is 2.67. The van der Waals surface area contributed by atoms with Crippen LogP contribution in [0.4, 0.5) is 10.1 Å². The molecule has 1 fully saturated rings. The van der Waals surface area contributed by atoms with E-state index in [1.165, 1.54) is 30.2 Å². The number of nitrogens with zero attached hydrogens (tertiary/aromatic N) is 1. The summed E-state index contributed by atoms with van der Waals surface area (Å²) in [7, 11) is 1.46. The van der Waals surface area contributed by atoms with Gasteiger partial charge in [-0.25, -0.2) is 4.39 Å². The number of methoxy groups -OCH3 is 1. The smallest absolute Gasteiger partial charge is 0.250 e. The Balaban J connectivity index is 2.43. The van der Waals surface area contributed by atoms with Gasteiger partial charge in [0.2, 0.25) is 5.91 Å². The van der Waals surface area contributed by atoms with E-state index in [0.29, 0.717) is 5.75 Å². The summed E-state index contributed by atoms with van der Waals surface area (Å²) in [4.78, 5) is 25.6. The van der Waals surface area contributed by atoms with Gasteiger partial charge in [-0.05, 0) is 17.5 Å². The first kappa shape index (κ1) is 15.3. The maximum Gasteiger partial charge on any atom is 0.250 e. The van der Waals surface area contributed by atoms with E-state index in [9.17, 15) is 14.0 Å². The van der Waals surface area contributed by atoms with E-state index in [0.717, 1.165) is 0 Å². The first-order chi connectivity index (χ1) is 9.74. The van der Waals surface area contributed by atoms with Crippen LogP contribution in [0, 0.1) is 11.2 Å². The van der Waals surface area contributed by atoms with Crippen molar-refractivity contribution in [3.63, 3.8) is 0 Å². The molecule has 1 saturated heterocycles. The van der Waals surface area contributed by atoms with Gasteiger partial charge in [0.25, 0.3) is 5.91 Å². The number of amides is 2. The van der Waals surface area contributed by atoms with Crippen LogP contribution in [0.15, 0.2) is 18.2 Å². The number of hydrogen-bond donors (Lipinski definition) is 1. The number of piperazine rings is 1. The molecule has 1 aliphatic heterocycles. The SMILES string of the molecule is COc1ccc(F)c(N2CC(=O)NC(C(C)(C)C)C2=O)c1. The standard InChI is InChI=1S/C15H19FN2O3/c1-15(2,3)13-14(20)18(8-12(19)17-13)11-7-9(21-4)5-6-10(11)16/h5-7,13H,8H2,1-4H3,(H,17,19). The van der Waals surface area contributed by atoms with Crippen LogP contribution in [-0.4, -0.2) is 31.5 Å². The maximum atomic E-state index is 14.0. The average Bonchev–Trinajstić information content (AvgIpc) is 2.40. The maximum absolute atomic E-state index is 14.0. The number of nitrogens with one attached hydrogen (secondary N) is 1. The third kappa shape index (κ3) is 2.99. The van der Waals surface area contributed by atoms with Crippen molar-refractivity contribution >= 4 is 17.5 Å². The van der Waals surface area contributed by atoms with Gasteiger partial charge in [-0.1, -0.05) is 20.8 Å². The Hall–Kier alpha value is -2.11. The zero-order chi connectivity index (χ0) is 15.8. The second-order valence-electron chi connectivity index (χ2n) is 6.11. The topological polar surface area (TPSA) is 58.6 Å². The van der Waals surface area contributed by atoms with Crippen molar-refractivity contribution in [2.75, 3.05) is 18.6 Å². The van der Waals surface area contributed by atoms with Gasteiger partial charge in [0.05, 0.1) is 12.8 Å². The van der Waals surface area contributed by atoms with Gasteiger partial charge < -0.3 is 10.1 Å². The molecule has 0 bridgehead atoms. The molecule has 0 aliphatic carbocycles. The van der Waals surface area contributed by atoms with Gasteiger partial charge in [-0.2, -0.15) is 0 Å². The van der Waals surface area contributed by atoms with Crippen LogP contribution >= 0.6 is 0 Å². The minimum absolute atomic E-state index is 0.0587. The highest BCUT2D eigenvalue weighted by atomic mass is 19.1. The Morgan fingerprint density at radius 3 is 2.57 bits per heavy atom. The minimum atomic E-state index is -0.690. The van der Waals surface area contributed by atoms with Crippen LogP contribution < -0.4 is 15.0 Å². The van der Waals surface area contributed by atoms with Crippen LogP contribution in [0.2, 0.25) is 0 Å². The van der Waals surface area contributed by atoms with Gasteiger partial charge >= 0.3 is 0 Å². The van der Waals surface area contributed by atoms with Gasteiger partial charge in [-0.15, -0.1) is 0 Å². The van der Waals surface area contributed by atoms with Crippen molar-refractivity contribution in [3.05, 3.63) is 24.0 Å². The zero-order valence-electron chi connectivity index (χ0n) is 12.6. The van der Waals surface area contributed by atoms with Crippen LogP contribution in [-0.2, 0) is 9.59 Å². The Kier molecular flexibility index (Phi) is 3.89. The molecule has 0 aromatic heterocycles. The molecule has 21 heavy (non-hydrogen) atoms. The number of ether oxygens (including phenoxy) is 1. The molecule has 2 amide bonds. The lowest BCUT2D eigenvalue weighted by atomic mass is 9.84. The van der Waals surface area contributed by atoms with E-state index in [1.54, 1.807) is 0 Å². The summed E-state index contributed by atoms with van der Waals surface area (Å²) in [6.07, 6.45) is 0. The normalized spacial score (nSPS) is 19.5. The zero-order valence-corrected chi connectivity index (χ0v) is 12.6. The second-order valence-corrected chi connectivity index (χ2v) is 6.11. The van der Waals surface area contributed by atoms with E-state index in [2.05, 4.69) is 5.32 Å². The molecule has 0 spiro atoms. The first-order valence-corrected chi connectivity index (χ1v) is 6.68. The van der Waals surface area contributed by atoms with Gasteiger partial charge in [0.1, 0.15) is 24.2 Å². The van der Waals surface area contributed by atoms with E-state index >= 15 is 0 Å². The predicted octanol–water partition coefficient (Wildman–Crippen LogP) is 1.71. The number of hydrogen-bond acceptors (Lipinski definition) is 3. The minimum Gasteiger partial charge on any atom is -0.497 e. The van der Waals surface area contributed by atoms with Crippen molar-refractivity contribution < 1.29 is 18.7 Å². The number of halogens is 1. The van der Waals surface area contributed by atoms with E-state index in [1.807, 2.05) is 20.8 Å². The molecule has 1 heterocycles. The number of benzene rings is 1. The first-order valence-electron chi connectivity index (χ1n) is 6.68. The van der Waals surface area contributed by atoms with E-state index < -0.39 is 17.3 Å². The fourth-order valence-corrected chi connectivity index (χ4v) is 2.26.